The summed E-state index contributed by atoms with van der Waals surface area (Å²) in [6, 6.07) is 7.95. The summed E-state index contributed by atoms with van der Waals surface area (Å²) in [7, 11) is 0. The molecular weight excluding hydrogens is 172 g/mol. The minimum absolute atomic E-state index is 0.509. The molecule has 1 nitrogen and oxygen atoms in total. The first-order chi connectivity index (χ1) is 6.82. The lowest BCUT2D eigenvalue weighted by molar-refractivity contribution is -0.111. The van der Waals surface area contributed by atoms with Crippen LogP contribution in [-0.2, 0) is 10.2 Å². The van der Waals surface area contributed by atoms with E-state index < -0.39 is 5.41 Å². The average molecular weight is 184 g/mol. The van der Waals surface area contributed by atoms with Crippen molar-refractivity contribution in [3.8, 4) is 0 Å². The summed E-state index contributed by atoms with van der Waals surface area (Å²) in [4.78, 5) is 11.2. The Morgan fingerprint density at radius 2 is 2.14 bits per heavy atom. The summed E-state index contributed by atoms with van der Waals surface area (Å²) < 4.78 is 0. The molecule has 0 saturated carbocycles. The van der Waals surface area contributed by atoms with Gasteiger partial charge >= 0.3 is 0 Å². The number of carbonyl (C=O) groups is 1. The van der Waals surface area contributed by atoms with Crippen molar-refractivity contribution in [1.82, 2.24) is 0 Å². The van der Waals surface area contributed by atoms with E-state index in [4.69, 9.17) is 0 Å². The largest absolute Gasteiger partial charge is 0.302 e. The van der Waals surface area contributed by atoms with Gasteiger partial charge in [0.05, 0.1) is 5.41 Å². The molecule has 0 aliphatic heterocycles. The minimum atomic E-state index is -0.509. The van der Waals surface area contributed by atoms with Crippen LogP contribution in [0.1, 0.15) is 17.5 Å². The van der Waals surface area contributed by atoms with Crippen molar-refractivity contribution in [2.24, 2.45) is 0 Å². The molecule has 0 heterocycles. The summed E-state index contributed by atoms with van der Waals surface area (Å²) >= 11 is 0. The second-order valence-corrected chi connectivity index (χ2v) is 3.56. The Morgan fingerprint density at radius 3 is 2.86 bits per heavy atom. The van der Waals surface area contributed by atoms with Crippen molar-refractivity contribution in [3.05, 3.63) is 54.1 Å². The first-order valence-electron chi connectivity index (χ1n) is 4.68. The van der Waals surface area contributed by atoms with Gasteiger partial charge in [-0.25, -0.2) is 0 Å². The van der Waals surface area contributed by atoms with E-state index in [1.54, 1.807) is 6.08 Å². The molecule has 0 fully saturated rings. The summed E-state index contributed by atoms with van der Waals surface area (Å²) in [6.07, 6.45) is 7.53. The van der Waals surface area contributed by atoms with Gasteiger partial charge in [0.1, 0.15) is 6.29 Å². The van der Waals surface area contributed by atoms with Crippen LogP contribution in [0.3, 0.4) is 0 Å². The Bertz CT molecular complexity index is 393. The van der Waals surface area contributed by atoms with E-state index >= 15 is 0 Å². The Hall–Kier alpha value is -1.63. The predicted octanol–water partition coefficient (Wildman–Crippen LogP) is 2.73. The molecule has 14 heavy (non-hydrogen) atoms. The topological polar surface area (TPSA) is 17.1 Å². The van der Waals surface area contributed by atoms with E-state index in [2.05, 4.69) is 12.7 Å². The van der Waals surface area contributed by atoms with Crippen LogP contribution in [0.4, 0.5) is 0 Å². The fourth-order valence-corrected chi connectivity index (χ4v) is 1.91. The molecule has 0 N–H and O–H groups in total. The lowest BCUT2D eigenvalue weighted by Crippen LogP contribution is -2.27. The van der Waals surface area contributed by atoms with Crippen LogP contribution in [0.5, 0.6) is 0 Å². The molecule has 1 aliphatic carbocycles. The molecule has 1 heteroatoms. The molecule has 1 atom stereocenters. The van der Waals surface area contributed by atoms with Gasteiger partial charge in [0, 0.05) is 0 Å². The smallest absolute Gasteiger partial charge is 0.134 e. The number of allylic oxidation sites excluding steroid dienone is 2. The maximum absolute atomic E-state index is 11.2. The zero-order chi connectivity index (χ0) is 10.0. The molecule has 2 rings (SSSR count). The molecule has 0 radical (unpaired) electrons. The molecule has 0 spiro atoms. The molecule has 1 unspecified atom stereocenters. The first kappa shape index (κ1) is 8.95. The van der Waals surface area contributed by atoms with E-state index in [0.29, 0.717) is 0 Å². The van der Waals surface area contributed by atoms with Gasteiger partial charge in [0.2, 0.25) is 0 Å². The van der Waals surface area contributed by atoms with Crippen molar-refractivity contribution in [2.45, 2.75) is 11.8 Å². The first-order valence-corrected chi connectivity index (χ1v) is 4.68. The van der Waals surface area contributed by atoms with Gasteiger partial charge < -0.3 is 4.79 Å². The number of hydrogen-bond acceptors (Lipinski definition) is 1. The summed E-state index contributed by atoms with van der Waals surface area (Å²) in [6.45, 7) is 3.76. The van der Waals surface area contributed by atoms with Gasteiger partial charge in [-0.2, -0.15) is 0 Å². The molecule has 1 aromatic carbocycles. The van der Waals surface area contributed by atoms with E-state index in [1.165, 1.54) is 0 Å². The van der Waals surface area contributed by atoms with Crippen molar-refractivity contribution in [1.29, 1.82) is 0 Å². The SMILES string of the molecule is C=CC1(C=O)CC=Cc2ccccc21. The molecule has 0 amide bonds. The van der Waals surface area contributed by atoms with Gasteiger partial charge in [0.15, 0.2) is 0 Å². The molecule has 0 saturated heterocycles. The third-order valence-electron chi connectivity index (χ3n) is 2.79. The Morgan fingerprint density at radius 1 is 1.36 bits per heavy atom. The number of rotatable bonds is 2. The standard InChI is InChI=1S/C13H12O/c1-2-13(10-14)9-5-7-11-6-3-4-8-12(11)13/h2-8,10H,1,9H2. The minimum Gasteiger partial charge on any atom is -0.302 e. The highest BCUT2D eigenvalue weighted by molar-refractivity contribution is 5.78. The van der Waals surface area contributed by atoms with Crippen LogP contribution >= 0.6 is 0 Å². The normalized spacial score (nSPS) is 24.0. The maximum atomic E-state index is 11.2. The van der Waals surface area contributed by atoms with Crippen LogP contribution in [0.15, 0.2) is 43.0 Å². The molecule has 1 aliphatic rings. The molecule has 70 valence electrons. The molecule has 0 aromatic heterocycles. The van der Waals surface area contributed by atoms with Gasteiger partial charge in [0.25, 0.3) is 0 Å². The summed E-state index contributed by atoms with van der Waals surface area (Å²) in [5.74, 6) is 0. The number of fused-ring (bicyclic) bond motifs is 1. The molecular formula is C13H12O. The Kier molecular flexibility index (Phi) is 2.08. The van der Waals surface area contributed by atoms with Gasteiger partial charge in [-0.1, -0.05) is 42.5 Å². The highest BCUT2D eigenvalue weighted by Crippen LogP contribution is 2.34. The third kappa shape index (κ3) is 1.13. The van der Waals surface area contributed by atoms with E-state index in [1.807, 2.05) is 30.3 Å². The van der Waals surface area contributed by atoms with Crippen molar-refractivity contribution in [2.75, 3.05) is 0 Å². The van der Waals surface area contributed by atoms with Crippen LogP contribution in [0, 0.1) is 0 Å². The molecule has 1 aromatic rings. The van der Waals surface area contributed by atoms with Crippen LogP contribution < -0.4 is 0 Å². The fraction of sp³-hybridized carbons (Fsp3) is 0.154. The van der Waals surface area contributed by atoms with Gasteiger partial charge in [-0.05, 0) is 17.5 Å². The van der Waals surface area contributed by atoms with E-state index in [9.17, 15) is 4.79 Å². The zero-order valence-electron chi connectivity index (χ0n) is 7.94. The van der Waals surface area contributed by atoms with Crippen molar-refractivity contribution < 1.29 is 4.79 Å². The van der Waals surface area contributed by atoms with Crippen LogP contribution in [-0.4, -0.2) is 6.29 Å². The van der Waals surface area contributed by atoms with Crippen molar-refractivity contribution in [3.63, 3.8) is 0 Å². The zero-order valence-corrected chi connectivity index (χ0v) is 7.94. The number of aldehydes is 1. The van der Waals surface area contributed by atoms with E-state index in [-0.39, 0.29) is 0 Å². The Balaban J connectivity index is 2.65. The third-order valence-corrected chi connectivity index (χ3v) is 2.79. The monoisotopic (exact) mass is 184 g/mol. The predicted molar refractivity (Wildman–Crippen MR) is 58.0 cm³/mol. The summed E-state index contributed by atoms with van der Waals surface area (Å²) in [5.41, 5.74) is 1.67. The number of benzene rings is 1. The number of carbonyl (C=O) groups excluding carboxylic acids is 1. The fourth-order valence-electron chi connectivity index (χ4n) is 1.91. The van der Waals surface area contributed by atoms with E-state index in [0.717, 1.165) is 23.8 Å². The van der Waals surface area contributed by atoms with Crippen LogP contribution in [0.2, 0.25) is 0 Å². The summed E-state index contributed by atoms with van der Waals surface area (Å²) in [5, 5.41) is 0. The highest BCUT2D eigenvalue weighted by atomic mass is 16.1. The average Bonchev–Trinajstić information content (AvgIpc) is 2.28. The van der Waals surface area contributed by atoms with Gasteiger partial charge in [-0.3, -0.25) is 0 Å². The van der Waals surface area contributed by atoms with Crippen molar-refractivity contribution >= 4 is 12.4 Å². The Labute approximate surface area is 83.8 Å². The van der Waals surface area contributed by atoms with Gasteiger partial charge in [-0.15, -0.1) is 6.58 Å². The lowest BCUT2D eigenvalue weighted by Gasteiger charge is -2.28. The molecule has 0 bridgehead atoms. The second-order valence-electron chi connectivity index (χ2n) is 3.56. The highest BCUT2D eigenvalue weighted by Gasteiger charge is 2.30. The quantitative estimate of drug-likeness (QED) is 0.510. The van der Waals surface area contributed by atoms with Crippen LogP contribution in [0.25, 0.3) is 6.08 Å². The lowest BCUT2D eigenvalue weighted by atomic mass is 9.74. The second kappa shape index (κ2) is 3.26. The maximum Gasteiger partial charge on any atom is 0.134 e. The number of hydrogen-bond donors (Lipinski definition) is 0.